The summed E-state index contributed by atoms with van der Waals surface area (Å²) in [5.41, 5.74) is 1.16. The number of nitrogens with one attached hydrogen (secondary N) is 2. The Morgan fingerprint density at radius 3 is 1.94 bits per heavy atom. The summed E-state index contributed by atoms with van der Waals surface area (Å²) in [7, 11) is 0. The highest BCUT2D eigenvalue weighted by atomic mass is 16.6. The number of nitriles is 1. The van der Waals surface area contributed by atoms with Gasteiger partial charge >= 0.3 is 5.69 Å². The SMILES string of the molecule is N#Cc1cc(NCC2CN3CCN2CC3)cc(NCC2CN3CCN2CC3)c1[N+](=O)[O-]. The number of anilines is 2. The number of rotatable bonds is 7. The van der Waals surface area contributed by atoms with E-state index in [0.717, 1.165) is 77.7 Å². The molecule has 7 rings (SSSR count). The Bertz CT molecular complexity index is 871. The Kier molecular flexibility index (Phi) is 5.67. The van der Waals surface area contributed by atoms with Gasteiger partial charge in [0.1, 0.15) is 17.3 Å². The molecule has 0 saturated carbocycles. The number of hydrogen-bond acceptors (Lipinski definition) is 9. The average Bonchev–Trinajstić information content (AvgIpc) is 2.82. The van der Waals surface area contributed by atoms with Gasteiger partial charge in [-0.15, -0.1) is 0 Å². The summed E-state index contributed by atoms with van der Waals surface area (Å²) in [6.07, 6.45) is 0. The van der Waals surface area contributed by atoms with Crippen molar-refractivity contribution in [1.82, 2.24) is 19.6 Å². The highest BCUT2D eigenvalue weighted by Crippen LogP contribution is 2.33. The number of benzene rings is 1. The van der Waals surface area contributed by atoms with E-state index in [2.05, 4.69) is 30.2 Å². The van der Waals surface area contributed by atoms with Gasteiger partial charge in [-0.2, -0.15) is 5.26 Å². The second-order valence-corrected chi connectivity index (χ2v) is 9.03. The van der Waals surface area contributed by atoms with E-state index < -0.39 is 4.92 Å². The van der Waals surface area contributed by atoms with Gasteiger partial charge in [0.25, 0.3) is 0 Å². The Balaban J connectivity index is 1.31. The van der Waals surface area contributed by atoms with Crippen LogP contribution in [0, 0.1) is 21.4 Å². The van der Waals surface area contributed by atoms with Crippen molar-refractivity contribution in [3.8, 4) is 6.07 Å². The van der Waals surface area contributed by atoms with Gasteiger partial charge in [-0.05, 0) is 12.1 Å². The summed E-state index contributed by atoms with van der Waals surface area (Å²) in [5.74, 6) is 0. The molecule has 1 aromatic rings. The number of piperazine rings is 6. The van der Waals surface area contributed by atoms with Crippen molar-refractivity contribution in [2.24, 2.45) is 0 Å². The Morgan fingerprint density at radius 2 is 1.48 bits per heavy atom. The Morgan fingerprint density at radius 1 is 0.935 bits per heavy atom. The number of nitrogens with zero attached hydrogens (tertiary/aromatic N) is 6. The first-order valence-electron chi connectivity index (χ1n) is 11.2. The van der Waals surface area contributed by atoms with Gasteiger partial charge in [-0.25, -0.2) is 0 Å². The standard InChI is InChI=1S/C21H30N8O2/c22-11-16-9-17(23-12-18-14-25-1-5-27(18)6-2-25)10-20(21(16)29(30)31)24-13-19-15-26-3-7-28(19)8-4-26/h9-10,18-19,23-24H,1-8,12-15H2. The third-order valence-corrected chi connectivity index (χ3v) is 7.27. The molecule has 0 amide bonds. The zero-order valence-corrected chi connectivity index (χ0v) is 17.8. The lowest BCUT2D eigenvalue weighted by Crippen LogP contribution is -2.62. The summed E-state index contributed by atoms with van der Waals surface area (Å²) in [6.45, 7) is 12.2. The Hall–Kier alpha value is -2.45. The molecule has 6 aliphatic rings. The lowest BCUT2D eigenvalue weighted by Gasteiger charge is -2.47. The van der Waals surface area contributed by atoms with Gasteiger partial charge in [0.2, 0.25) is 0 Å². The van der Waals surface area contributed by atoms with E-state index in [4.69, 9.17) is 0 Å². The van der Waals surface area contributed by atoms with Gasteiger partial charge in [0, 0.05) is 96.3 Å². The van der Waals surface area contributed by atoms with Crippen molar-refractivity contribution >= 4 is 17.1 Å². The van der Waals surface area contributed by atoms with Crippen LogP contribution in [0.15, 0.2) is 12.1 Å². The fraction of sp³-hybridized carbons (Fsp3) is 0.667. The first kappa shape index (κ1) is 20.5. The van der Waals surface area contributed by atoms with E-state index >= 15 is 0 Å². The van der Waals surface area contributed by atoms with Gasteiger partial charge in [-0.3, -0.25) is 29.7 Å². The summed E-state index contributed by atoms with van der Waals surface area (Å²) >= 11 is 0. The average molecular weight is 427 g/mol. The molecule has 31 heavy (non-hydrogen) atoms. The van der Waals surface area contributed by atoms with Crippen molar-refractivity contribution in [2.75, 3.05) is 89.2 Å². The van der Waals surface area contributed by atoms with Crippen LogP contribution in [0.4, 0.5) is 17.1 Å². The van der Waals surface area contributed by atoms with E-state index in [-0.39, 0.29) is 11.3 Å². The van der Waals surface area contributed by atoms with Crippen molar-refractivity contribution < 1.29 is 4.92 Å². The molecular formula is C21H30N8O2. The molecule has 2 N–H and O–H groups in total. The minimum absolute atomic E-state index is 0.0981. The fourth-order valence-corrected chi connectivity index (χ4v) is 5.45. The first-order chi connectivity index (χ1) is 15.1. The van der Waals surface area contributed by atoms with Gasteiger partial charge in [-0.1, -0.05) is 0 Å². The predicted molar refractivity (Wildman–Crippen MR) is 118 cm³/mol. The topological polar surface area (TPSA) is 104 Å². The zero-order valence-electron chi connectivity index (χ0n) is 17.8. The quantitative estimate of drug-likeness (QED) is 0.470. The van der Waals surface area contributed by atoms with Crippen LogP contribution in [-0.2, 0) is 0 Å². The maximum atomic E-state index is 11.7. The second kappa shape index (κ2) is 8.59. The van der Waals surface area contributed by atoms with Crippen molar-refractivity contribution in [3.05, 3.63) is 27.8 Å². The minimum Gasteiger partial charge on any atom is -0.383 e. The highest BCUT2D eigenvalue weighted by molar-refractivity contribution is 5.75. The van der Waals surface area contributed by atoms with Crippen LogP contribution in [0.1, 0.15) is 5.56 Å². The smallest absolute Gasteiger partial charge is 0.310 e. The third kappa shape index (κ3) is 4.19. The predicted octanol–water partition coefficient (Wildman–Crippen LogP) is 0.290. The molecule has 6 heterocycles. The van der Waals surface area contributed by atoms with Crippen LogP contribution in [0.2, 0.25) is 0 Å². The van der Waals surface area contributed by atoms with Crippen molar-refractivity contribution in [3.63, 3.8) is 0 Å². The largest absolute Gasteiger partial charge is 0.383 e. The highest BCUT2D eigenvalue weighted by Gasteiger charge is 2.33. The molecule has 6 aliphatic heterocycles. The van der Waals surface area contributed by atoms with E-state index in [1.807, 2.05) is 6.07 Å². The maximum Gasteiger partial charge on any atom is 0.310 e. The van der Waals surface area contributed by atoms with Gasteiger partial charge in [0.05, 0.1) is 4.92 Å². The second-order valence-electron chi connectivity index (χ2n) is 9.03. The molecule has 1 aromatic carbocycles. The molecule has 10 heteroatoms. The number of hydrogen-bond donors (Lipinski definition) is 2. The van der Waals surface area contributed by atoms with Crippen LogP contribution in [-0.4, -0.2) is 115 Å². The van der Waals surface area contributed by atoms with E-state index in [9.17, 15) is 15.4 Å². The number of nitro benzene ring substituents is 1. The van der Waals surface area contributed by atoms with Crippen LogP contribution in [0.5, 0.6) is 0 Å². The molecule has 4 bridgehead atoms. The summed E-state index contributed by atoms with van der Waals surface area (Å²) < 4.78 is 0. The lowest BCUT2D eigenvalue weighted by atomic mass is 10.1. The molecule has 10 nitrogen and oxygen atoms in total. The fourth-order valence-electron chi connectivity index (χ4n) is 5.45. The lowest BCUT2D eigenvalue weighted by molar-refractivity contribution is -0.384. The normalized spacial score (nSPS) is 33.6. The minimum atomic E-state index is -0.444. The number of nitro groups is 1. The van der Waals surface area contributed by atoms with Crippen LogP contribution >= 0.6 is 0 Å². The number of fused-ring (bicyclic) bond motifs is 6. The summed E-state index contributed by atoms with van der Waals surface area (Å²) in [5, 5.41) is 28.1. The van der Waals surface area contributed by atoms with Crippen LogP contribution in [0.3, 0.4) is 0 Å². The van der Waals surface area contributed by atoms with E-state index in [1.54, 1.807) is 12.1 Å². The van der Waals surface area contributed by atoms with Crippen molar-refractivity contribution in [2.45, 2.75) is 12.1 Å². The molecule has 166 valence electrons. The van der Waals surface area contributed by atoms with Crippen LogP contribution < -0.4 is 10.6 Å². The summed E-state index contributed by atoms with van der Waals surface area (Å²) in [6, 6.07) is 6.20. The van der Waals surface area contributed by atoms with Crippen molar-refractivity contribution in [1.29, 1.82) is 5.26 Å². The molecule has 0 spiro atoms. The third-order valence-electron chi connectivity index (χ3n) is 7.27. The molecule has 2 unspecified atom stereocenters. The van der Waals surface area contributed by atoms with Crippen LogP contribution in [0.25, 0.3) is 0 Å². The molecule has 0 aromatic heterocycles. The molecule has 0 aliphatic carbocycles. The zero-order chi connectivity index (χ0) is 21.4. The van der Waals surface area contributed by atoms with E-state index in [0.29, 0.717) is 24.3 Å². The summed E-state index contributed by atoms with van der Waals surface area (Å²) in [4.78, 5) is 21.2. The molecule has 2 atom stereocenters. The molecule has 6 saturated heterocycles. The first-order valence-corrected chi connectivity index (χ1v) is 11.2. The monoisotopic (exact) mass is 426 g/mol. The molecule has 6 fully saturated rings. The van der Waals surface area contributed by atoms with Gasteiger partial charge in [0.15, 0.2) is 0 Å². The van der Waals surface area contributed by atoms with Gasteiger partial charge < -0.3 is 10.6 Å². The maximum absolute atomic E-state index is 11.7. The van der Waals surface area contributed by atoms with E-state index in [1.165, 1.54) is 0 Å². The molecule has 0 radical (unpaired) electrons. The Labute approximate surface area is 182 Å². The molecular weight excluding hydrogens is 396 g/mol.